The van der Waals surface area contributed by atoms with Crippen molar-refractivity contribution in [3.63, 3.8) is 0 Å². The monoisotopic (exact) mass is 530 g/mol. The Morgan fingerprint density at radius 2 is 1.43 bits per heavy atom. The van der Waals surface area contributed by atoms with E-state index in [0.717, 1.165) is 27.3 Å². The number of hydrogen-bond donors (Lipinski definition) is 1. The summed E-state index contributed by atoms with van der Waals surface area (Å²) in [4.78, 5) is 39.5. The van der Waals surface area contributed by atoms with Gasteiger partial charge in [0.2, 0.25) is 5.91 Å². The van der Waals surface area contributed by atoms with Gasteiger partial charge in [0.25, 0.3) is 5.91 Å². The molecule has 7 heteroatoms. The minimum Gasteiger partial charge on any atom is -0.457 e. The predicted molar refractivity (Wildman–Crippen MR) is 154 cm³/mol. The molecule has 0 bridgehead atoms. The predicted octanol–water partition coefficient (Wildman–Crippen LogP) is 6.32. The van der Waals surface area contributed by atoms with Gasteiger partial charge in [-0.1, -0.05) is 72.8 Å². The molecule has 0 aromatic heterocycles. The van der Waals surface area contributed by atoms with Crippen LogP contribution in [0.15, 0.2) is 109 Å². The number of hydrogen-bond acceptors (Lipinski definition) is 5. The third-order valence-electron chi connectivity index (χ3n) is 6.99. The average molecular weight is 531 g/mol. The first kappa shape index (κ1) is 25.1. The van der Waals surface area contributed by atoms with Gasteiger partial charge in [-0.25, -0.2) is 0 Å². The molecule has 7 nitrogen and oxygen atoms in total. The van der Waals surface area contributed by atoms with Crippen LogP contribution in [-0.4, -0.2) is 30.9 Å². The number of nitrogens with one attached hydrogen (secondary N) is 1. The van der Waals surface area contributed by atoms with Gasteiger partial charge in [0, 0.05) is 35.1 Å². The van der Waals surface area contributed by atoms with Gasteiger partial charge in [-0.15, -0.1) is 0 Å². The third-order valence-corrected chi connectivity index (χ3v) is 6.99. The van der Waals surface area contributed by atoms with E-state index in [1.165, 1.54) is 0 Å². The fourth-order valence-corrected chi connectivity index (χ4v) is 5.00. The lowest BCUT2D eigenvalue weighted by atomic mass is 10.1. The number of esters is 1. The van der Waals surface area contributed by atoms with Crippen molar-refractivity contribution in [1.82, 2.24) is 0 Å². The van der Waals surface area contributed by atoms with Crippen LogP contribution in [0.1, 0.15) is 6.42 Å². The summed E-state index contributed by atoms with van der Waals surface area (Å²) in [6.07, 6.45) is 0.0258. The van der Waals surface area contributed by atoms with Crippen LogP contribution in [0, 0.1) is 5.92 Å². The summed E-state index contributed by atoms with van der Waals surface area (Å²) in [5, 5.41) is 6.79. The highest BCUT2D eigenvalue weighted by Crippen LogP contribution is 2.32. The van der Waals surface area contributed by atoms with Crippen molar-refractivity contribution in [2.45, 2.75) is 6.42 Å². The fourth-order valence-electron chi connectivity index (χ4n) is 5.00. The second-order valence-corrected chi connectivity index (χ2v) is 9.66. The molecule has 1 heterocycles. The zero-order valence-corrected chi connectivity index (χ0v) is 21.6. The standard InChI is InChI=1S/C33H26N2O5/c36-31(34-29-13-5-9-22-7-1-3-11-27(22)29)21-39-33(38)24-19-32(37)35(20-24)25-15-17-26(18-16-25)40-30-14-6-10-23-8-2-4-12-28(23)30/h1-18,24H,19-21H2,(H,34,36)/t24-/m1/s1. The molecule has 40 heavy (non-hydrogen) atoms. The lowest BCUT2D eigenvalue weighted by Gasteiger charge is -2.17. The molecule has 1 aliphatic heterocycles. The van der Waals surface area contributed by atoms with Crippen LogP contribution in [0.25, 0.3) is 21.5 Å². The summed E-state index contributed by atoms with van der Waals surface area (Å²) in [6.45, 7) is -0.237. The van der Waals surface area contributed by atoms with Crippen LogP contribution >= 0.6 is 0 Å². The maximum Gasteiger partial charge on any atom is 0.311 e. The minimum absolute atomic E-state index is 0.0258. The summed E-state index contributed by atoms with van der Waals surface area (Å²) in [6, 6.07) is 34.4. The Bertz CT molecular complexity index is 1720. The largest absolute Gasteiger partial charge is 0.457 e. The molecule has 2 amide bonds. The molecular formula is C33H26N2O5. The normalized spacial score (nSPS) is 14.8. The van der Waals surface area contributed by atoms with E-state index in [4.69, 9.17) is 9.47 Å². The van der Waals surface area contributed by atoms with Crippen LogP contribution in [0.3, 0.4) is 0 Å². The third kappa shape index (κ3) is 5.22. The summed E-state index contributed by atoms with van der Waals surface area (Å²) in [7, 11) is 0. The second kappa shape index (κ2) is 10.9. The Kier molecular flexibility index (Phi) is 6.85. The van der Waals surface area contributed by atoms with E-state index in [2.05, 4.69) is 5.32 Å². The highest BCUT2D eigenvalue weighted by Gasteiger charge is 2.36. The molecule has 0 unspecified atom stereocenters. The van der Waals surface area contributed by atoms with Gasteiger partial charge >= 0.3 is 5.97 Å². The number of rotatable bonds is 7. The fraction of sp³-hybridized carbons (Fsp3) is 0.121. The van der Waals surface area contributed by atoms with Crippen LogP contribution in [0.2, 0.25) is 0 Å². The Balaban J connectivity index is 1.05. The quantitative estimate of drug-likeness (QED) is 0.249. The molecule has 0 aliphatic carbocycles. The number of fused-ring (bicyclic) bond motifs is 2. The van der Waals surface area contributed by atoms with Crippen molar-refractivity contribution in [1.29, 1.82) is 0 Å². The van der Waals surface area contributed by atoms with E-state index in [-0.39, 0.29) is 18.9 Å². The smallest absolute Gasteiger partial charge is 0.311 e. The first-order chi connectivity index (χ1) is 19.5. The molecule has 198 valence electrons. The maximum absolute atomic E-state index is 12.7. The zero-order chi connectivity index (χ0) is 27.5. The van der Waals surface area contributed by atoms with Crippen LogP contribution in [0.4, 0.5) is 11.4 Å². The molecule has 0 radical (unpaired) electrons. The van der Waals surface area contributed by atoms with Crippen molar-refractivity contribution in [2.75, 3.05) is 23.4 Å². The van der Waals surface area contributed by atoms with E-state index in [1.54, 1.807) is 35.2 Å². The first-order valence-electron chi connectivity index (χ1n) is 13.1. The van der Waals surface area contributed by atoms with Crippen molar-refractivity contribution in [3.8, 4) is 11.5 Å². The topological polar surface area (TPSA) is 84.9 Å². The van der Waals surface area contributed by atoms with Crippen molar-refractivity contribution in [2.24, 2.45) is 5.92 Å². The SMILES string of the molecule is O=C(COC(=O)[C@@H]1CC(=O)N(c2ccc(Oc3cccc4ccccc34)cc2)C1)Nc1cccc2ccccc12. The van der Waals surface area contributed by atoms with Gasteiger partial charge in [0.1, 0.15) is 11.5 Å². The second-order valence-electron chi connectivity index (χ2n) is 9.66. The van der Waals surface area contributed by atoms with E-state index < -0.39 is 24.4 Å². The lowest BCUT2D eigenvalue weighted by molar-refractivity contribution is -0.151. The number of ether oxygens (including phenoxy) is 2. The van der Waals surface area contributed by atoms with Crippen LogP contribution in [-0.2, 0) is 19.1 Å². The van der Waals surface area contributed by atoms with Gasteiger partial charge in [-0.2, -0.15) is 0 Å². The molecule has 1 saturated heterocycles. The van der Waals surface area contributed by atoms with E-state index in [1.807, 2.05) is 78.9 Å². The summed E-state index contributed by atoms with van der Waals surface area (Å²) in [5.74, 6) is -0.447. The van der Waals surface area contributed by atoms with Crippen LogP contribution < -0.4 is 15.0 Å². The number of carbonyl (C=O) groups excluding carboxylic acids is 3. The van der Waals surface area contributed by atoms with Gasteiger partial charge in [-0.3, -0.25) is 14.4 Å². The van der Waals surface area contributed by atoms with Crippen molar-refractivity contribution in [3.05, 3.63) is 109 Å². The summed E-state index contributed by atoms with van der Waals surface area (Å²) >= 11 is 0. The Labute approximate surface area is 230 Å². The van der Waals surface area contributed by atoms with Gasteiger partial charge in [-0.05, 0) is 47.2 Å². The minimum atomic E-state index is -0.649. The maximum atomic E-state index is 12.7. The number of benzene rings is 5. The van der Waals surface area contributed by atoms with Gasteiger partial charge < -0.3 is 19.7 Å². The molecule has 1 fully saturated rings. The van der Waals surface area contributed by atoms with Gasteiger partial charge in [0.15, 0.2) is 6.61 Å². The number of anilines is 2. The summed E-state index contributed by atoms with van der Waals surface area (Å²) in [5.41, 5.74) is 1.31. The lowest BCUT2D eigenvalue weighted by Crippen LogP contribution is -2.28. The number of nitrogens with zero attached hydrogens (tertiary/aromatic N) is 1. The number of carbonyl (C=O) groups is 3. The molecule has 0 saturated carbocycles. The van der Waals surface area contributed by atoms with Crippen molar-refractivity contribution >= 4 is 50.7 Å². The molecular weight excluding hydrogens is 504 g/mol. The molecule has 1 N–H and O–H groups in total. The molecule has 0 spiro atoms. The number of amides is 2. The summed E-state index contributed by atoms with van der Waals surface area (Å²) < 4.78 is 11.4. The van der Waals surface area contributed by atoms with Crippen molar-refractivity contribution < 1.29 is 23.9 Å². The average Bonchev–Trinajstić information content (AvgIpc) is 3.38. The van der Waals surface area contributed by atoms with Crippen LogP contribution in [0.5, 0.6) is 11.5 Å². The van der Waals surface area contributed by atoms with Gasteiger partial charge in [0.05, 0.1) is 5.92 Å². The molecule has 6 rings (SSSR count). The van der Waals surface area contributed by atoms with E-state index in [9.17, 15) is 14.4 Å². The van der Waals surface area contributed by atoms with E-state index in [0.29, 0.717) is 17.1 Å². The molecule has 1 aliphatic rings. The molecule has 1 atom stereocenters. The first-order valence-corrected chi connectivity index (χ1v) is 13.1. The Morgan fingerprint density at radius 1 is 0.775 bits per heavy atom. The van der Waals surface area contributed by atoms with E-state index >= 15 is 0 Å². The zero-order valence-electron chi connectivity index (χ0n) is 21.6. The molecule has 5 aromatic carbocycles. The highest BCUT2D eigenvalue weighted by molar-refractivity contribution is 6.03. The Hall–Kier alpha value is -5.17. The molecule has 5 aromatic rings. The highest BCUT2D eigenvalue weighted by atomic mass is 16.5. The Morgan fingerprint density at radius 3 is 2.20 bits per heavy atom.